The van der Waals surface area contributed by atoms with Crippen LogP contribution in [-0.4, -0.2) is 14.2 Å². The number of unbranched alkanes of at least 4 members (excludes halogenated alkanes) is 1. The van der Waals surface area contributed by atoms with E-state index in [0.29, 0.717) is 0 Å². The summed E-state index contributed by atoms with van der Waals surface area (Å²) >= 11 is 0. The molecule has 0 spiro atoms. The van der Waals surface area contributed by atoms with Crippen LogP contribution in [0.4, 0.5) is 0 Å². The largest absolute Gasteiger partial charge is 0.497 e. The van der Waals surface area contributed by atoms with Crippen LogP contribution in [0.5, 0.6) is 11.5 Å². The van der Waals surface area contributed by atoms with Crippen LogP contribution >= 0.6 is 0 Å². The van der Waals surface area contributed by atoms with Gasteiger partial charge in [-0.05, 0) is 24.6 Å². The van der Waals surface area contributed by atoms with Crippen molar-refractivity contribution in [3.8, 4) is 11.5 Å². The number of rotatable bonds is 5. The van der Waals surface area contributed by atoms with Crippen LogP contribution in [0.3, 0.4) is 0 Å². The number of methoxy groups -OCH3 is 2. The molecule has 0 aliphatic rings. The van der Waals surface area contributed by atoms with E-state index in [-0.39, 0.29) is 0 Å². The summed E-state index contributed by atoms with van der Waals surface area (Å²) in [7, 11) is 3.35. The molecule has 0 heterocycles. The van der Waals surface area contributed by atoms with Gasteiger partial charge < -0.3 is 9.47 Å². The van der Waals surface area contributed by atoms with Crippen molar-refractivity contribution in [2.45, 2.75) is 19.8 Å². The van der Waals surface area contributed by atoms with Crippen molar-refractivity contribution in [1.82, 2.24) is 0 Å². The minimum absolute atomic E-state index is 0.854. The zero-order chi connectivity index (χ0) is 11.1. The Morgan fingerprint density at radius 1 is 1.20 bits per heavy atom. The van der Waals surface area contributed by atoms with E-state index in [1.54, 1.807) is 14.2 Å². The Kier molecular flexibility index (Phi) is 4.75. The number of benzene rings is 1. The fourth-order valence-electron chi connectivity index (χ4n) is 1.35. The maximum absolute atomic E-state index is 5.27. The molecule has 0 N–H and O–H groups in total. The summed E-state index contributed by atoms with van der Waals surface area (Å²) in [4.78, 5) is 0. The first-order valence-corrected chi connectivity index (χ1v) is 5.20. The standard InChI is InChI=1S/C13H18O2/c1-4-5-6-7-11-10-12(14-2)8-9-13(11)15-3/h6-10H,4-5H2,1-3H3/b7-6-. The van der Waals surface area contributed by atoms with Gasteiger partial charge in [-0.15, -0.1) is 0 Å². The number of hydrogen-bond acceptors (Lipinski definition) is 2. The molecule has 2 heteroatoms. The van der Waals surface area contributed by atoms with Crippen molar-refractivity contribution >= 4 is 6.08 Å². The van der Waals surface area contributed by atoms with E-state index in [0.717, 1.165) is 29.9 Å². The van der Waals surface area contributed by atoms with Crippen LogP contribution in [0, 0.1) is 0 Å². The molecule has 0 saturated carbocycles. The molecule has 0 unspecified atom stereocenters. The summed E-state index contributed by atoms with van der Waals surface area (Å²) in [5.41, 5.74) is 1.06. The second-order valence-electron chi connectivity index (χ2n) is 3.30. The normalized spacial score (nSPS) is 10.6. The van der Waals surface area contributed by atoms with Gasteiger partial charge in [0.25, 0.3) is 0 Å². The van der Waals surface area contributed by atoms with Gasteiger partial charge in [-0.1, -0.05) is 25.5 Å². The van der Waals surface area contributed by atoms with Gasteiger partial charge in [0.1, 0.15) is 11.5 Å². The molecule has 1 rings (SSSR count). The van der Waals surface area contributed by atoms with Crippen molar-refractivity contribution in [3.05, 3.63) is 29.8 Å². The maximum atomic E-state index is 5.27. The van der Waals surface area contributed by atoms with Crippen molar-refractivity contribution in [1.29, 1.82) is 0 Å². The van der Waals surface area contributed by atoms with E-state index in [9.17, 15) is 0 Å². The lowest BCUT2D eigenvalue weighted by Gasteiger charge is -2.06. The second kappa shape index (κ2) is 6.12. The Labute approximate surface area is 91.5 Å². The van der Waals surface area contributed by atoms with Gasteiger partial charge in [0.15, 0.2) is 0 Å². The van der Waals surface area contributed by atoms with Gasteiger partial charge in [0.2, 0.25) is 0 Å². The molecule has 0 atom stereocenters. The Morgan fingerprint density at radius 3 is 2.60 bits per heavy atom. The lowest BCUT2D eigenvalue weighted by molar-refractivity contribution is 0.402. The van der Waals surface area contributed by atoms with E-state index < -0.39 is 0 Å². The summed E-state index contributed by atoms with van der Waals surface area (Å²) in [5.74, 6) is 1.73. The number of ether oxygens (including phenoxy) is 2. The van der Waals surface area contributed by atoms with E-state index in [1.807, 2.05) is 18.2 Å². The molecular weight excluding hydrogens is 188 g/mol. The topological polar surface area (TPSA) is 18.5 Å². The first kappa shape index (κ1) is 11.6. The van der Waals surface area contributed by atoms with E-state index in [1.165, 1.54) is 0 Å². The van der Waals surface area contributed by atoms with Gasteiger partial charge in [0.05, 0.1) is 14.2 Å². The monoisotopic (exact) mass is 206 g/mol. The summed E-state index contributed by atoms with van der Waals surface area (Å²) in [6, 6.07) is 5.80. The first-order valence-electron chi connectivity index (χ1n) is 5.20. The summed E-state index contributed by atoms with van der Waals surface area (Å²) in [6.07, 6.45) is 6.46. The van der Waals surface area contributed by atoms with Crippen LogP contribution in [0.1, 0.15) is 25.3 Å². The van der Waals surface area contributed by atoms with Gasteiger partial charge in [-0.25, -0.2) is 0 Å². The lowest BCUT2D eigenvalue weighted by atomic mass is 10.1. The molecular formula is C13H18O2. The molecule has 1 aromatic rings. The van der Waals surface area contributed by atoms with E-state index in [2.05, 4.69) is 19.1 Å². The smallest absolute Gasteiger partial charge is 0.126 e. The van der Waals surface area contributed by atoms with Crippen LogP contribution in [0.2, 0.25) is 0 Å². The van der Waals surface area contributed by atoms with E-state index in [4.69, 9.17) is 9.47 Å². The fraction of sp³-hybridized carbons (Fsp3) is 0.385. The predicted molar refractivity (Wildman–Crippen MR) is 63.5 cm³/mol. The zero-order valence-corrected chi connectivity index (χ0v) is 9.62. The van der Waals surface area contributed by atoms with Gasteiger partial charge >= 0.3 is 0 Å². The van der Waals surface area contributed by atoms with Crippen molar-refractivity contribution in [2.24, 2.45) is 0 Å². The van der Waals surface area contributed by atoms with Crippen molar-refractivity contribution in [2.75, 3.05) is 14.2 Å². The molecule has 0 saturated heterocycles. The molecule has 0 aliphatic carbocycles. The van der Waals surface area contributed by atoms with Crippen LogP contribution in [0.25, 0.3) is 6.08 Å². The third-order valence-corrected chi connectivity index (χ3v) is 2.19. The highest BCUT2D eigenvalue weighted by atomic mass is 16.5. The Balaban J connectivity index is 2.90. The zero-order valence-electron chi connectivity index (χ0n) is 9.62. The van der Waals surface area contributed by atoms with Crippen molar-refractivity contribution in [3.63, 3.8) is 0 Å². The first-order chi connectivity index (χ1) is 7.31. The van der Waals surface area contributed by atoms with Crippen LogP contribution in [0.15, 0.2) is 24.3 Å². The molecule has 2 nitrogen and oxygen atoms in total. The SMILES string of the molecule is CCC/C=C\c1cc(OC)ccc1OC. The quantitative estimate of drug-likeness (QED) is 0.734. The highest BCUT2D eigenvalue weighted by Gasteiger charge is 2.00. The fourth-order valence-corrected chi connectivity index (χ4v) is 1.35. The van der Waals surface area contributed by atoms with Gasteiger partial charge in [0, 0.05) is 5.56 Å². The minimum Gasteiger partial charge on any atom is -0.497 e. The number of hydrogen-bond donors (Lipinski definition) is 0. The third-order valence-electron chi connectivity index (χ3n) is 2.19. The number of allylic oxidation sites excluding steroid dienone is 1. The predicted octanol–water partition coefficient (Wildman–Crippen LogP) is 3.52. The third kappa shape index (κ3) is 3.31. The average Bonchev–Trinajstić information content (AvgIpc) is 2.29. The molecule has 0 radical (unpaired) electrons. The molecule has 0 fully saturated rings. The molecule has 0 aromatic heterocycles. The van der Waals surface area contributed by atoms with E-state index >= 15 is 0 Å². The second-order valence-corrected chi connectivity index (χ2v) is 3.30. The van der Waals surface area contributed by atoms with Gasteiger partial charge in [-0.3, -0.25) is 0 Å². The Hall–Kier alpha value is -1.44. The molecule has 0 aliphatic heterocycles. The highest BCUT2D eigenvalue weighted by Crippen LogP contribution is 2.25. The molecule has 0 bridgehead atoms. The maximum Gasteiger partial charge on any atom is 0.126 e. The average molecular weight is 206 g/mol. The van der Waals surface area contributed by atoms with Crippen LogP contribution in [-0.2, 0) is 0 Å². The van der Waals surface area contributed by atoms with Gasteiger partial charge in [-0.2, -0.15) is 0 Å². The summed E-state index contributed by atoms with van der Waals surface area (Å²) in [6.45, 7) is 2.16. The molecule has 15 heavy (non-hydrogen) atoms. The highest BCUT2D eigenvalue weighted by molar-refractivity contribution is 5.59. The minimum atomic E-state index is 0.854. The van der Waals surface area contributed by atoms with Crippen molar-refractivity contribution < 1.29 is 9.47 Å². The molecule has 1 aromatic carbocycles. The summed E-state index contributed by atoms with van der Waals surface area (Å²) < 4.78 is 10.4. The van der Waals surface area contributed by atoms with Crippen LogP contribution < -0.4 is 9.47 Å². The Morgan fingerprint density at radius 2 is 2.00 bits per heavy atom. The molecule has 82 valence electrons. The summed E-state index contributed by atoms with van der Waals surface area (Å²) in [5, 5.41) is 0. The molecule has 0 amide bonds. The lowest BCUT2D eigenvalue weighted by Crippen LogP contribution is -1.89. The Bertz CT molecular complexity index is 329.